The molecule has 0 bridgehead atoms. The third-order valence-electron chi connectivity index (χ3n) is 5.41. The normalized spacial score (nSPS) is 12.1. The van der Waals surface area contributed by atoms with Gasteiger partial charge in [-0.25, -0.2) is 0 Å². The van der Waals surface area contributed by atoms with E-state index in [0.717, 1.165) is 12.8 Å². The number of rotatable bonds is 20. The second-order valence-electron chi connectivity index (χ2n) is 8.01. The van der Waals surface area contributed by atoms with Crippen molar-refractivity contribution in [3.8, 4) is 0 Å². The van der Waals surface area contributed by atoms with E-state index in [1.807, 2.05) is 0 Å². The first kappa shape index (κ1) is 26.1. The van der Waals surface area contributed by atoms with Gasteiger partial charge < -0.3 is 4.74 Å². The fourth-order valence-electron chi connectivity index (χ4n) is 3.63. The van der Waals surface area contributed by atoms with Gasteiger partial charge in [0.1, 0.15) is 11.7 Å². The number of unbranched alkanes of at least 4 members (excludes halogenated alkanes) is 15. The average Bonchev–Trinajstić information content (AvgIpc) is 2.64. The fourth-order valence-corrected chi connectivity index (χ4v) is 3.63. The molecule has 0 N–H and O–H groups in total. The van der Waals surface area contributed by atoms with Crippen LogP contribution in [0.25, 0.3) is 0 Å². The Morgan fingerprint density at radius 3 is 1.33 bits per heavy atom. The van der Waals surface area contributed by atoms with Crippen LogP contribution in [0.3, 0.4) is 0 Å². The van der Waals surface area contributed by atoms with E-state index in [1.165, 1.54) is 96.8 Å². The highest BCUT2D eigenvalue weighted by Crippen LogP contribution is 2.16. The molecule has 0 aliphatic heterocycles. The minimum Gasteiger partial charge on any atom is -0.465 e. The van der Waals surface area contributed by atoms with E-state index in [2.05, 4.69) is 6.92 Å². The lowest BCUT2D eigenvalue weighted by atomic mass is 9.97. The van der Waals surface area contributed by atoms with E-state index >= 15 is 0 Å². The predicted octanol–water partition coefficient (Wildman–Crippen LogP) is 7.41. The molecule has 0 heterocycles. The molecule has 3 nitrogen and oxygen atoms in total. The highest BCUT2D eigenvalue weighted by atomic mass is 16.5. The Bertz CT molecular complexity index is 352. The van der Waals surface area contributed by atoms with Crippen LogP contribution in [0.5, 0.6) is 0 Å². The Kier molecular flexibility index (Phi) is 19.3. The molecule has 160 valence electrons. The molecule has 3 heteroatoms. The van der Waals surface area contributed by atoms with E-state index in [4.69, 9.17) is 4.74 Å². The van der Waals surface area contributed by atoms with Crippen molar-refractivity contribution in [1.29, 1.82) is 0 Å². The van der Waals surface area contributed by atoms with Crippen LogP contribution in [-0.2, 0) is 14.3 Å². The van der Waals surface area contributed by atoms with Crippen LogP contribution < -0.4 is 0 Å². The first-order valence-electron chi connectivity index (χ1n) is 11.8. The van der Waals surface area contributed by atoms with Crippen molar-refractivity contribution in [2.24, 2.45) is 5.92 Å². The summed E-state index contributed by atoms with van der Waals surface area (Å²) >= 11 is 0. The summed E-state index contributed by atoms with van der Waals surface area (Å²) in [4.78, 5) is 23.3. The summed E-state index contributed by atoms with van der Waals surface area (Å²) < 4.78 is 4.98. The van der Waals surface area contributed by atoms with Gasteiger partial charge in [-0.3, -0.25) is 9.59 Å². The second kappa shape index (κ2) is 19.9. The Labute approximate surface area is 169 Å². The number of hydrogen-bond acceptors (Lipinski definition) is 3. The molecule has 27 heavy (non-hydrogen) atoms. The van der Waals surface area contributed by atoms with Crippen LogP contribution in [0.15, 0.2) is 0 Å². The maximum absolute atomic E-state index is 11.7. The van der Waals surface area contributed by atoms with Crippen molar-refractivity contribution in [3.05, 3.63) is 0 Å². The van der Waals surface area contributed by atoms with Gasteiger partial charge in [-0.15, -0.1) is 0 Å². The van der Waals surface area contributed by atoms with Crippen molar-refractivity contribution >= 4 is 11.8 Å². The van der Waals surface area contributed by atoms with Crippen LogP contribution in [0.1, 0.15) is 130 Å². The van der Waals surface area contributed by atoms with Gasteiger partial charge in [0.2, 0.25) is 0 Å². The van der Waals surface area contributed by atoms with Crippen molar-refractivity contribution in [3.63, 3.8) is 0 Å². The number of Topliss-reactive ketones (excluding diaryl/α,β-unsaturated/α-hetero) is 1. The topological polar surface area (TPSA) is 43.4 Å². The zero-order valence-corrected chi connectivity index (χ0v) is 18.5. The van der Waals surface area contributed by atoms with Crippen LogP contribution in [0, 0.1) is 5.92 Å². The van der Waals surface area contributed by atoms with Crippen molar-refractivity contribution in [2.45, 2.75) is 130 Å². The van der Waals surface area contributed by atoms with Gasteiger partial charge in [0.05, 0.1) is 6.61 Å². The lowest BCUT2D eigenvalue weighted by Crippen LogP contribution is -2.24. The minimum absolute atomic E-state index is 0.0607. The molecule has 0 radical (unpaired) electrons. The van der Waals surface area contributed by atoms with Gasteiger partial charge in [-0.2, -0.15) is 0 Å². The van der Waals surface area contributed by atoms with E-state index in [0.29, 0.717) is 13.0 Å². The molecule has 0 amide bonds. The van der Waals surface area contributed by atoms with E-state index < -0.39 is 5.92 Å². The van der Waals surface area contributed by atoms with Crippen LogP contribution in [0.4, 0.5) is 0 Å². The zero-order chi connectivity index (χ0) is 20.2. The average molecular weight is 383 g/mol. The molecule has 0 spiro atoms. The highest BCUT2D eigenvalue weighted by molar-refractivity contribution is 5.97. The summed E-state index contributed by atoms with van der Waals surface area (Å²) in [6, 6.07) is 0. The van der Waals surface area contributed by atoms with E-state index in [-0.39, 0.29) is 11.8 Å². The maximum atomic E-state index is 11.7. The molecule has 0 aliphatic rings. The van der Waals surface area contributed by atoms with Crippen molar-refractivity contribution in [1.82, 2.24) is 0 Å². The second-order valence-corrected chi connectivity index (χ2v) is 8.01. The summed E-state index contributed by atoms with van der Waals surface area (Å²) in [7, 11) is 0. The molecule has 0 aromatic heterocycles. The van der Waals surface area contributed by atoms with Gasteiger partial charge >= 0.3 is 5.97 Å². The number of carbonyl (C=O) groups excluding carboxylic acids is 2. The van der Waals surface area contributed by atoms with E-state index in [1.54, 1.807) is 6.92 Å². The standard InChI is InChI=1S/C24H46O3/c1-4-6-7-8-9-10-11-12-13-14-15-16-17-18-19-20-21-23(22(3)25)24(26)27-5-2/h23H,4-21H2,1-3H3. The predicted molar refractivity (Wildman–Crippen MR) is 115 cm³/mol. The molecule has 0 aromatic carbocycles. The molecule has 0 rings (SSSR count). The molecule has 1 atom stereocenters. The summed E-state index contributed by atoms with van der Waals surface area (Å²) in [5, 5.41) is 0. The van der Waals surface area contributed by atoms with Gasteiger partial charge in [-0.1, -0.05) is 110 Å². The largest absolute Gasteiger partial charge is 0.465 e. The smallest absolute Gasteiger partial charge is 0.316 e. The molecular weight excluding hydrogens is 336 g/mol. The van der Waals surface area contributed by atoms with Crippen LogP contribution in [0.2, 0.25) is 0 Å². The Morgan fingerprint density at radius 2 is 1.00 bits per heavy atom. The molecule has 0 saturated heterocycles. The van der Waals surface area contributed by atoms with Crippen molar-refractivity contribution < 1.29 is 14.3 Å². The van der Waals surface area contributed by atoms with Crippen molar-refractivity contribution in [2.75, 3.05) is 6.61 Å². The quantitative estimate of drug-likeness (QED) is 0.125. The molecule has 0 saturated carbocycles. The Balaban J connectivity index is 3.35. The Morgan fingerprint density at radius 1 is 0.630 bits per heavy atom. The van der Waals surface area contributed by atoms with Gasteiger partial charge in [0.15, 0.2) is 0 Å². The number of hydrogen-bond donors (Lipinski definition) is 0. The SMILES string of the molecule is CCCCCCCCCCCCCCCCCCC(C(C)=O)C(=O)OCC. The molecular formula is C24H46O3. The summed E-state index contributed by atoms with van der Waals surface area (Å²) in [5.74, 6) is -0.947. The van der Waals surface area contributed by atoms with Gasteiger partial charge in [0, 0.05) is 0 Å². The van der Waals surface area contributed by atoms with Crippen LogP contribution in [-0.4, -0.2) is 18.4 Å². The molecule has 0 aliphatic carbocycles. The number of ether oxygens (including phenoxy) is 1. The lowest BCUT2D eigenvalue weighted by Gasteiger charge is -2.12. The summed E-state index contributed by atoms with van der Waals surface area (Å²) in [6.07, 6.45) is 21.9. The fraction of sp³-hybridized carbons (Fsp3) is 0.917. The highest BCUT2D eigenvalue weighted by Gasteiger charge is 2.23. The first-order valence-corrected chi connectivity index (χ1v) is 11.8. The maximum Gasteiger partial charge on any atom is 0.316 e. The molecule has 0 aromatic rings. The third kappa shape index (κ3) is 17.0. The van der Waals surface area contributed by atoms with Crippen LogP contribution >= 0.6 is 0 Å². The number of esters is 1. The summed E-state index contributed by atoms with van der Waals surface area (Å²) in [6.45, 7) is 5.90. The minimum atomic E-state index is -0.545. The molecule has 0 fully saturated rings. The van der Waals surface area contributed by atoms with Gasteiger partial charge in [0.25, 0.3) is 0 Å². The number of carbonyl (C=O) groups is 2. The number of ketones is 1. The monoisotopic (exact) mass is 382 g/mol. The van der Waals surface area contributed by atoms with Gasteiger partial charge in [-0.05, 0) is 20.3 Å². The third-order valence-corrected chi connectivity index (χ3v) is 5.41. The van der Waals surface area contributed by atoms with E-state index in [9.17, 15) is 9.59 Å². The summed E-state index contributed by atoms with van der Waals surface area (Å²) in [5.41, 5.74) is 0. The lowest BCUT2D eigenvalue weighted by molar-refractivity contribution is -0.151. The zero-order valence-electron chi connectivity index (χ0n) is 18.5. The first-order chi connectivity index (χ1) is 13.1. The Hall–Kier alpha value is -0.860. The molecule has 1 unspecified atom stereocenters.